The largest absolute Gasteiger partial charge is 0.369 e. The second kappa shape index (κ2) is 5.44. The molecule has 0 bridgehead atoms. The Morgan fingerprint density at radius 1 is 1.25 bits per heavy atom. The van der Waals surface area contributed by atoms with Crippen molar-refractivity contribution in [2.75, 3.05) is 25.4 Å². The number of benzene rings is 1. The number of nitrogens with two attached hydrogens (primary N) is 1. The third kappa shape index (κ3) is 2.52. The zero-order valence-electron chi connectivity index (χ0n) is 12.5. The molecule has 0 radical (unpaired) electrons. The number of aromatic nitrogens is 2. The van der Waals surface area contributed by atoms with Crippen molar-refractivity contribution in [3.8, 4) is 0 Å². The lowest BCUT2D eigenvalue weighted by molar-refractivity contribution is 0.273. The van der Waals surface area contributed by atoms with E-state index in [4.69, 9.17) is 5.73 Å². The Morgan fingerprint density at radius 3 is 2.75 bits per heavy atom. The van der Waals surface area contributed by atoms with E-state index < -0.39 is 0 Å². The fourth-order valence-corrected chi connectivity index (χ4v) is 3.34. The minimum absolute atomic E-state index is 0.590. The second-order valence-corrected chi connectivity index (χ2v) is 6.14. The maximum atomic E-state index is 6.12. The molecule has 1 saturated heterocycles. The Hall–Kier alpha value is -1.55. The van der Waals surface area contributed by atoms with Gasteiger partial charge in [-0.15, -0.1) is 0 Å². The number of fused-ring (bicyclic) bond motifs is 1. The van der Waals surface area contributed by atoms with E-state index in [2.05, 4.69) is 34.4 Å². The molecule has 1 aliphatic rings. The first kappa shape index (κ1) is 13.4. The van der Waals surface area contributed by atoms with Gasteiger partial charge in [-0.1, -0.05) is 19.1 Å². The van der Waals surface area contributed by atoms with Crippen molar-refractivity contribution in [2.45, 2.75) is 33.2 Å². The van der Waals surface area contributed by atoms with Crippen molar-refractivity contribution in [1.29, 1.82) is 0 Å². The topological polar surface area (TPSA) is 47.1 Å². The van der Waals surface area contributed by atoms with Gasteiger partial charge in [-0.2, -0.15) is 0 Å². The Morgan fingerprint density at radius 2 is 2.00 bits per heavy atom. The molecule has 0 spiro atoms. The Labute approximate surface area is 120 Å². The van der Waals surface area contributed by atoms with Crippen LogP contribution in [0.3, 0.4) is 0 Å². The van der Waals surface area contributed by atoms with Crippen LogP contribution in [-0.4, -0.2) is 34.1 Å². The number of anilines is 1. The molecule has 1 aromatic carbocycles. The molecule has 0 aliphatic carbocycles. The maximum absolute atomic E-state index is 6.12. The SMILES string of the molecule is Cc1cccc2nc(N)n(CC(C)CN3CCCC3)c12. The number of rotatable bonds is 4. The number of hydrogen-bond donors (Lipinski definition) is 1. The summed E-state index contributed by atoms with van der Waals surface area (Å²) in [6, 6.07) is 6.22. The van der Waals surface area contributed by atoms with Crippen molar-refractivity contribution in [3.63, 3.8) is 0 Å². The van der Waals surface area contributed by atoms with E-state index in [0.717, 1.165) is 18.6 Å². The molecule has 2 heterocycles. The number of nitrogens with zero attached hydrogens (tertiary/aromatic N) is 3. The molecule has 1 unspecified atom stereocenters. The highest BCUT2D eigenvalue weighted by Crippen LogP contribution is 2.23. The summed E-state index contributed by atoms with van der Waals surface area (Å²) in [6.07, 6.45) is 2.70. The van der Waals surface area contributed by atoms with Gasteiger partial charge in [0.05, 0.1) is 11.0 Å². The van der Waals surface area contributed by atoms with Crippen LogP contribution < -0.4 is 5.73 Å². The molecule has 108 valence electrons. The minimum atomic E-state index is 0.590. The summed E-state index contributed by atoms with van der Waals surface area (Å²) in [5, 5.41) is 0. The van der Waals surface area contributed by atoms with E-state index >= 15 is 0 Å². The lowest BCUT2D eigenvalue weighted by atomic mass is 10.1. The molecule has 2 N–H and O–H groups in total. The molecule has 4 nitrogen and oxygen atoms in total. The fraction of sp³-hybridized carbons (Fsp3) is 0.562. The predicted octanol–water partition coefficient (Wildman–Crippen LogP) is 2.66. The number of likely N-dealkylation sites (tertiary alicyclic amines) is 1. The van der Waals surface area contributed by atoms with Crippen LogP contribution in [0.2, 0.25) is 0 Å². The van der Waals surface area contributed by atoms with Gasteiger partial charge in [0.15, 0.2) is 0 Å². The van der Waals surface area contributed by atoms with Crippen molar-refractivity contribution in [2.24, 2.45) is 5.92 Å². The average molecular weight is 272 g/mol. The number of hydrogen-bond acceptors (Lipinski definition) is 3. The maximum Gasteiger partial charge on any atom is 0.201 e. The second-order valence-electron chi connectivity index (χ2n) is 6.14. The van der Waals surface area contributed by atoms with Gasteiger partial charge in [-0.05, 0) is 50.4 Å². The monoisotopic (exact) mass is 272 g/mol. The van der Waals surface area contributed by atoms with Crippen molar-refractivity contribution < 1.29 is 0 Å². The van der Waals surface area contributed by atoms with E-state index in [-0.39, 0.29) is 0 Å². The lowest BCUT2D eigenvalue weighted by Gasteiger charge is -2.21. The first-order chi connectivity index (χ1) is 9.65. The number of imidazole rings is 1. The van der Waals surface area contributed by atoms with Gasteiger partial charge < -0.3 is 15.2 Å². The standard InChI is InChI=1S/C16H24N4/c1-12(10-19-8-3-4-9-19)11-20-15-13(2)6-5-7-14(15)18-16(20)17/h5-7,12H,3-4,8-11H2,1-2H3,(H2,17,18). The van der Waals surface area contributed by atoms with Crippen molar-refractivity contribution in [3.05, 3.63) is 23.8 Å². The summed E-state index contributed by atoms with van der Waals surface area (Å²) in [7, 11) is 0. The zero-order valence-corrected chi connectivity index (χ0v) is 12.5. The third-order valence-electron chi connectivity index (χ3n) is 4.26. The summed E-state index contributed by atoms with van der Waals surface area (Å²) in [4.78, 5) is 7.05. The smallest absolute Gasteiger partial charge is 0.201 e. The van der Waals surface area contributed by atoms with Crippen LogP contribution in [0.15, 0.2) is 18.2 Å². The van der Waals surface area contributed by atoms with Crippen molar-refractivity contribution in [1.82, 2.24) is 14.5 Å². The Balaban J connectivity index is 1.81. The molecule has 1 fully saturated rings. The van der Waals surface area contributed by atoms with Gasteiger partial charge in [0.2, 0.25) is 5.95 Å². The van der Waals surface area contributed by atoms with Crippen molar-refractivity contribution >= 4 is 17.0 Å². The van der Waals surface area contributed by atoms with Gasteiger partial charge in [0, 0.05) is 13.1 Å². The summed E-state index contributed by atoms with van der Waals surface area (Å²) < 4.78 is 2.19. The van der Waals surface area contributed by atoms with E-state index in [1.165, 1.54) is 37.0 Å². The molecule has 0 amide bonds. The summed E-state index contributed by atoms with van der Waals surface area (Å²) in [6.45, 7) is 9.05. The summed E-state index contributed by atoms with van der Waals surface area (Å²) in [5.74, 6) is 1.23. The molecule has 20 heavy (non-hydrogen) atoms. The molecule has 1 aromatic heterocycles. The van der Waals surface area contributed by atoms with Gasteiger partial charge in [-0.3, -0.25) is 0 Å². The number of para-hydroxylation sites is 1. The van der Waals surface area contributed by atoms with Crippen LogP contribution in [0, 0.1) is 12.8 Å². The van der Waals surface area contributed by atoms with Crippen LogP contribution in [0.25, 0.3) is 11.0 Å². The van der Waals surface area contributed by atoms with Crippen LogP contribution in [0.4, 0.5) is 5.95 Å². The minimum Gasteiger partial charge on any atom is -0.369 e. The quantitative estimate of drug-likeness (QED) is 0.931. The molecule has 4 heteroatoms. The highest BCUT2D eigenvalue weighted by molar-refractivity contribution is 5.81. The predicted molar refractivity (Wildman–Crippen MR) is 83.7 cm³/mol. The molecule has 1 aliphatic heterocycles. The van der Waals surface area contributed by atoms with Gasteiger partial charge in [-0.25, -0.2) is 4.98 Å². The van der Waals surface area contributed by atoms with Gasteiger partial charge >= 0.3 is 0 Å². The molecule has 2 aromatic rings. The molecule has 1 atom stereocenters. The zero-order chi connectivity index (χ0) is 14.1. The normalized spacial score (nSPS) is 17.9. The van der Waals surface area contributed by atoms with Crippen LogP contribution in [0.5, 0.6) is 0 Å². The molecule has 3 rings (SSSR count). The van der Waals surface area contributed by atoms with Crippen LogP contribution >= 0.6 is 0 Å². The molecular weight excluding hydrogens is 248 g/mol. The lowest BCUT2D eigenvalue weighted by Crippen LogP contribution is -2.27. The number of nitrogen functional groups attached to an aromatic ring is 1. The molecule has 0 saturated carbocycles. The highest BCUT2D eigenvalue weighted by Gasteiger charge is 2.17. The van der Waals surface area contributed by atoms with Crippen LogP contribution in [0.1, 0.15) is 25.3 Å². The van der Waals surface area contributed by atoms with Gasteiger partial charge in [0.25, 0.3) is 0 Å². The van der Waals surface area contributed by atoms with E-state index in [9.17, 15) is 0 Å². The highest BCUT2D eigenvalue weighted by atomic mass is 15.2. The fourth-order valence-electron chi connectivity index (χ4n) is 3.34. The van der Waals surface area contributed by atoms with Gasteiger partial charge in [0.1, 0.15) is 0 Å². The summed E-state index contributed by atoms with van der Waals surface area (Å²) >= 11 is 0. The summed E-state index contributed by atoms with van der Waals surface area (Å²) in [5.41, 5.74) is 9.57. The Bertz CT molecular complexity index is 596. The third-order valence-corrected chi connectivity index (χ3v) is 4.26. The van der Waals surface area contributed by atoms with E-state index in [1.807, 2.05) is 12.1 Å². The Kier molecular flexibility index (Phi) is 3.66. The average Bonchev–Trinajstić information content (AvgIpc) is 2.99. The first-order valence-electron chi connectivity index (χ1n) is 7.59. The van der Waals surface area contributed by atoms with E-state index in [0.29, 0.717) is 11.9 Å². The number of aryl methyl sites for hydroxylation is 1. The molecular formula is C16H24N4. The van der Waals surface area contributed by atoms with E-state index in [1.54, 1.807) is 0 Å². The van der Waals surface area contributed by atoms with Crippen LogP contribution in [-0.2, 0) is 6.54 Å². The first-order valence-corrected chi connectivity index (χ1v) is 7.59.